The first-order valence-electron chi connectivity index (χ1n) is 12.0. The number of amides is 4. The molecule has 2 heterocycles. The first-order valence-corrected chi connectivity index (χ1v) is 12.0. The summed E-state index contributed by atoms with van der Waals surface area (Å²) in [6.45, 7) is 4.64. The fraction of sp³-hybridized carbons (Fsp3) is 0.423. The van der Waals surface area contributed by atoms with E-state index in [9.17, 15) is 14.4 Å². The van der Waals surface area contributed by atoms with Gasteiger partial charge in [-0.3, -0.25) is 9.59 Å². The van der Waals surface area contributed by atoms with E-state index in [4.69, 9.17) is 9.47 Å². The van der Waals surface area contributed by atoms with E-state index < -0.39 is 6.03 Å². The molecule has 9 nitrogen and oxygen atoms in total. The maximum Gasteiger partial charge on any atom is 0.323 e. The first kappa shape index (κ1) is 24.5. The zero-order valence-electron chi connectivity index (χ0n) is 20.3. The lowest BCUT2D eigenvalue weighted by Gasteiger charge is -2.42. The van der Waals surface area contributed by atoms with Crippen LogP contribution in [0.2, 0.25) is 0 Å². The summed E-state index contributed by atoms with van der Waals surface area (Å²) in [5, 5.41) is 8.41. The zero-order valence-corrected chi connectivity index (χ0v) is 20.3. The number of aryl methyl sites for hydroxylation is 1. The van der Waals surface area contributed by atoms with Crippen molar-refractivity contribution in [3.8, 4) is 5.75 Å². The van der Waals surface area contributed by atoms with Gasteiger partial charge in [-0.05, 0) is 56.5 Å². The predicted molar refractivity (Wildman–Crippen MR) is 133 cm³/mol. The van der Waals surface area contributed by atoms with Crippen LogP contribution in [0.3, 0.4) is 0 Å². The third-order valence-electron chi connectivity index (χ3n) is 6.45. The van der Waals surface area contributed by atoms with Gasteiger partial charge in [0.15, 0.2) is 0 Å². The molecule has 2 aliphatic rings. The summed E-state index contributed by atoms with van der Waals surface area (Å²) in [4.78, 5) is 39.5. The molecule has 186 valence electrons. The summed E-state index contributed by atoms with van der Waals surface area (Å²) in [6.07, 6.45) is 1.16. The van der Waals surface area contributed by atoms with Crippen molar-refractivity contribution >= 4 is 29.2 Å². The minimum atomic E-state index is -0.397. The Labute approximate surface area is 205 Å². The lowest BCUT2D eigenvalue weighted by Crippen LogP contribution is -2.54. The fourth-order valence-corrected chi connectivity index (χ4v) is 4.58. The van der Waals surface area contributed by atoms with E-state index >= 15 is 0 Å². The Balaban J connectivity index is 1.46. The predicted octanol–water partition coefficient (Wildman–Crippen LogP) is 3.55. The normalized spacial score (nSPS) is 21.5. The number of hydrogen-bond donors (Lipinski definition) is 3. The van der Waals surface area contributed by atoms with Crippen LogP contribution in [0.5, 0.6) is 5.75 Å². The van der Waals surface area contributed by atoms with Crippen molar-refractivity contribution in [1.29, 1.82) is 0 Å². The second kappa shape index (κ2) is 10.8. The molecule has 4 amide bonds. The number of benzene rings is 2. The van der Waals surface area contributed by atoms with Crippen molar-refractivity contribution in [2.75, 3.05) is 30.8 Å². The SMILES string of the molecule is CCNC(=O)C[C@H]1CC[C@H]2[C@@H](COc3ccc(NC(=O)Nc4ccccc4C)cc3C(=O)N2C)O1. The molecule has 0 unspecified atom stereocenters. The number of para-hydroxylation sites is 1. The molecule has 0 bridgehead atoms. The smallest absolute Gasteiger partial charge is 0.323 e. The first-order chi connectivity index (χ1) is 16.9. The van der Waals surface area contributed by atoms with Gasteiger partial charge < -0.3 is 30.3 Å². The Morgan fingerprint density at radius 1 is 1.11 bits per heavy atom. The molecule has 0 spiro atoms. The van der Waals surface area contributed by atoms with Crippen LogP contribution in [0.25, 0.3) is 0 Å². The van der Waals surface area contributed by atoms with Gasteiger partial charge >= 0.3 is 6.03 Å². The molecule has 0 aliphatic carbocycles. The molecule has 0 radical (unpaired) electrons. The second-order valence-corrected chi connectivity index (χ2v) is 8.93. The van der Waals surface area contributed by atoms with Gasteiger partial charge in [0.05, 0.1) is 24.1 Å². The summed E-state index contributed by atoms with van der Waals surface area (Å²) in [7, 11) is 1.76. The Morgan fingerprint density at radius 2 is 1.91 bits per heavy atom. The van der Waals surface area contributed by atoms with E-state index in [2.05, 4.69) is 16.0 Å². The molecule has 2 aromatic rings. The van der Waals surface area contributed by atoms with Gasteiger partial charge in [-0.15, -0.1) is 0 Å². The Kier molecular flexibility index (Phi) is 7.55. The van der Waals surface area contributed by atoms with Gasteiger partial charge in [0.2, 0.25) is 5.91 Å². The van der Waals surface area contributed by atoms with E-state index in [0.29, 0.717) is 48.5 Å². The van der Waals surface area contributed by atoms with Crippen molar-refractivity contribution in [3.63, 3.8) is 0 Å². The Bertz CT molecular complexity index is 1100. The molecule has 2 aromatic carbocycles. The van der Waals surface area contributed by atoms with Crippen LogP contribution >= 0.6 is 0 Å². The average Bonchev–Trinajstić information content (AvgIpc) is 2.83. The number of hydrogen-bond acceptors (Lipinski definition) is 5. The minimum Gasteiger partial charge on any atom is -0.490 e. The van der Waals surface area contributed by atoms with E-state index in [1.165, 1.54) is 0 Å². The number of ether oxygens (including phenoxy) is 2. The Morgan fingerprint density at radius 3 is 2.69 bits per heavy atom. The van der Waals surface area contributed by atoms with E-state index in [-0.39, 0.29) is 36.7 Å². The lowest BCUT2D eigenvalue weighted by atomic mass is 9.94. The molecule has 3 atom stereocenters. The quantitative estimate of drug-likeness (QED) is 0.607. The van der Waals surface area contributed by atoms with Crippen molar-refractivity contribution in [3.05, 3.63) is 53.6 Å². The highest BCUT2D eigenvalue weighted by Gasteiger charge is 2.39. The van der Waals surface area contributed by atoms with Crippen LogP contribution in [-0.4, -0.2) is 61.2 Å². The molecule has 4 rings (SSSR count). The van der Waals surface area contributed by atoms with Crippen LogP contribution < -0.4 is 20.7 Å². The highest BCUT2D eigenvalue weighted by Crippen LogP contribution is 2.32. The van der Waals surface area contributed by atoms with Gasteiger partial charge in [-0.25, -0.2) is 4.79 Å². The average molecular weight is 481 g/mol. The van der Waals surface area contributed by atoms with Gasteiger partial charge in [0.25, 0.3) is 5.91 Å². The number of anilines is 2. The monoisotopic (exact) mass is 480 g/mol. The van der Waals surface area contributed by atoms with Crippen molar-refractivity contribution < 1.29 is 23.9 Å². The minimum absolute atomic E-state index is 0.0380. The summed E-state index contributed by atoms with van der Waals surface area (Å²) >= 11 is 0. The fourth-order valence-electron chi connectivity index (χ4n) is 4.58. The number of fused-ring (bicyclic) bond motifs is 2. The van der Waals surface area contributed by atoms with Crippen LogP contribution in [0.1, 0.15) is 42.1 Å². The largest absolute Gasteiger partial charge is 0.490 e. The number of carbonyl (C=O) groups excluding carboxylic acids is 3. The van der Waals surface area contributed by atoms with E-state index in [0.717, 1.165) is 5.56 Å². The van der Waals surface area contributed by atoms with Gasteiger partial charge in [0.1, 0.15) is 18.5 Å². The van der Waals surface area contributed by atoms with Crippen molar-refractivity contribution in [2.45, 2.75) is 51.4 Å². The third-order valence-corrected chi connectivity index (χ3v) is 6.45. The summed E-state index contributed by atoms with van der Waals surface area (Å²) in [5.41, 5.74) is 2.52. The molecule has 2 aliphatic heterocycles. The molecule has 9 heteroatoms. The van der Waals surface area contributed by atoms with Crippen LogP contribution in [0.15, 0.2) is 42.5 Å². The van der Waals surface area contributed by atoms with Crippen LogP contribution in [-0.2, 0) is 9.53 Å². The van der Waals surface area contributed by atoms with E-state index in [1.807, 2.05) is 38.1 Å². The number of rotatable bonds is 5. The Hall–Kier alpha value is -3.59. The van der Waals surface area contributed by atoms with Gasteiger partial charge in [0, 0.05) is 25.0 Å². The highest BCUT2D eigenvalue weighted by molar-refractivity contribution is 6.02. The zero-order chi connectivity index (χ0) is 24.9. The molecule has 1 saturated heterocycles. The number of likely N-dealkylation sites (N-methyl/N-ethyl adjacent to an activating group) is 1. The second-order valence-electron chi connectivity index (χ2n) is 8.93. The summed E-state index contributed by atoms with van der Waals surface area (Å²) in [6, 6.07) is 11.9. The molecule has 3 N–H and O–H groups in total. The van der Waals surface area contributed by atoms with Gasteiger partial charge in [-0.2, -0.15) is 0 Å². The molecule has 0 aromatic heterocycles. The number of urea groups is 1. The van der Waals surface area contributed by atoms with Crippen molar-refractivity contribution in [1.82, 2.24) is 10.2 Å². The molecular formula is C26H32N4O5. The molecule has 35 heavy (non-hydrogen) atoms. The van der Waals surface area contributed by atoms with Crippen molar-refractivity contribution in [2.24, 2.45) is 0 Å². The molecule has 1 fully saturated rings. The maximum absolute atomic E-state index is 13.4. The summed E-state index contributed by atoms with van der Waals surface area (Å²) in [5.74, 6) is 0.187. The maximum atomic E-state index is 13.4. The summed E-state index contributed by atoms with van der Waals surface area (Å²) < 4.78 is 12.2. The third kappa shape index (κ3) is 5.74. The standard InChI is InChI=1S/C26H32N4O5/c1-4-27-24(31)14-18-10-11-21-23(35-18)15-34-22-12-9-17(13-19(22)25(32)30(21)3)28-26(33)29-20-8-6-5-7-16(20)2/h5-9,12-13,18,21,23H,4,10-11,14-15H2,1-3H3,(H,27,31)(H2,28,29,33)/t18-,21+,23-/m1/s1. The van der Waals surface area contributed by atoms with E-state index in [1.54, 1.807) is 30.1 Å². The number of nitrogens with zero attached hydrogens (tertiary/aromatic N) is 1. The molecule has 0 saturated carbocycles. The topological polar surface area (TPSA) is 109 Å². The number of nitrogens with one attached hydrogen (secondary N) is 3. The molecular weight excluding hydrogens is 448 g/mol. The van der Waals surface area contributed by atoms with Crippen LogP contribution in [0, 0.1) is 6.92 Å². The van der Waals surface area contributed by atoms with Crippen LogP contribution in [0.4, 0.5) is 16.2 Å². The highest BCUT2D eigenvalue weighted by atomic mass is 16.5. The number of carbonyl (C=O) groups is 3. The lowest BCUT2D eigenvalue weighted by molar-refractivity contribution is -0.133. The van der Waals surface area contributed by atoms with Gasteiger partial charge in [-0.1, -0.05) is 18.2 Å².